The molecule has 1 aliphatic carbocycles. The molecular weight excluding hydrogens is 490 g/mol. The number of rotatable bonds is 14. The van der Waals surface area contributed by atoms with Gasteiger partial charge in [0, 0.05) is 58.2 Å². The van der Waals surface area contributed by atoms with Gasteiger partial charge in [-0.25, -0.2) is 0 Å². The number of benzene rings is 3. The summed E-state index contributed by atoms with van der Waals surface area (Å²) < 4.78 is 30.5. The number of ether oxygens (including phenoxy) is 5. The van der Waals surface area contributed by atoms with Gasteiger partial charge in [-0.1, -0.05) is 66.7 Å². The Balaban J connectivity index is 1.50. The second-order valence-corrected chi connectivity index (χ2v) is 10.3. The lowest BCUT2D eigenvalue weighted by Crippen LogP contribution is -2.51. The summed E-state index contributed by atoms with van der Waals surface area (Å²) in [4.78, 5) is 2.40. The van der Waals surface area contributed by atoms with Crippen molar-refractivity contribution < 1.29 is 23.7 Å². The molecule has 1 atom stereocenters. The molecule has 0 spiro atoms. The molecule has 0 aromatic heterocycles. The number of anilines is 1. The molecule has 1 fully saturated rings. The molecule has 0 amide bonds. The van der Waals surface area contributed by atoms with Crippen molar-refractivity contribution >= 4 is 5.69 Å². The van der Waals surface area contributed by atoms with Crippen LogP contribution >= 0.6 is 0 Å². The van der Waals surface area contributed by atoms with E-state index in [1.807, 2.05) is 62.6 Å². The quantitative estimate of drug-likeness (QED) is 0.211. The van der Waals surface area contributed by atoms with Gasteiger partial charge in [0.1, 0.15) is 5.72 Å². The van der Waals surface area contributed by atoms with Crippen molar-refractivity contribution in [2.24, 2.45) is 0 Å². The predicted octanol–water partition coefficient (Wildman–Crippen LogP) is 6.87. The van der Waals surface area contributed by atoms with Gasteiger partial charge >= 0.3 is 0 Å². The normalized spacial score (nSPS) is 16.6. The van der Waals surface area contributed by atoms with Gasteiger partial charge in [0.2, 0.25) is 5.79 Å². The summed E-state index contributed by atoms with van der Waals surface area (Å²) in [5.41, 5.74) is 3.69. The fourth-order valence-electron chi connectivity index (χ4n) is 5.72. The van der Waals surface area contributed by atoms with Crippen molar-refractivity contribution in [2.45, 2.75) is 62.9 Å². The summed E-state index contributed by atoms with van der Waals surface area (Å²) in [5, 5.41) is 0. The molecule has 39 heavy (non-hydrogen) atoms. The first-order valence-electron chi connectivity index (χ1n) is 13.8. The van der Waals surface area contributed by atoms with Crippen LogP contribution in [0, 0.1) is 0 Å². The largest absolute Gasteiger partial charge is 0.359 e. The van der Waals surface area contributed by atoms with Crippen molar-refractivity contribution in [3.8, 4) is 0 Å². The molecule has 6 nitrogen and oxygen atoms in total. The Morgan fingerprint density at radius 1 is 0.744 bits per heavy atom. The van der Waals surface area contributed by atoms with E-state index in [0.29, 0.717) is 13.0 Å². The highest BCUT2D eigenvalue weighted by molar-refractivity contribution is 5.48. The molecule has 1 unspecified atom stereocenters. The van der Waals surface area contributed by atoms with Gasteiger partial charge in [0.25, 0.3) is 0 Å². The van der Waals surface area contributed by atoms with E-state index >= 15 is 0 Å². The van der Waals surface area contributed by atoms with Gasteiger partial charge in [-0.15, -0.1) is 0 Å². The maximum absolute atomic E-state index is 6.45. The average molecular weight is 534 g/mol. The van der Waals surface area contributed by atoms with E-state index in [4.69, 9.17) is 23.7 Å². The Morgan fingerprint density at radius 2 is 1.36 bits per heavy atom. The second kappa shape index (κ2) is 13.1. The zero-order chi connectivity index (χ0) is 27.8. The summed E-state index contributed by atoms with van der Waals surface area (Å²) in [6.45, 7) is 3.14. The molecule has 6 heteroatoms. The fourth-order valence-corrected chi connectivity index (χ4v) is 5.72. The van der Waals surface area contributed by atoms with Crippen LogP contribution in [-0.4, -0.2) is 46.5 Å². The van der Waals surface area contributed by atoms with Crippen molar-refractivity contribution in [3.05, 3.63) is 102 Å². The lowest BCUT2D eigenvalue weighted by atomic mass is 9.95. The topological polar surface area (TPSA) is 49.4 Å². The molecule has 210 valence electrons. The summed E-state index contributed by atoms with van der Waals surface area (Å²) in [6.07, 6.45) is 5.03. The van der Waals surface area contributed by atoms with Crippen LogP contribution in [0.25, 0.3) is 0 Å². The van der Waals surface area contributed by atoms with Crippen LogP contribution in [0.1, 0.15) is 55.7 Å². The lowest BCUT2D eigenvalue weighted by molar-refractivity contribution is -0.220. The highest BCUT2D eigenvalue weighted by Crippen LogP contribution is 2.40. The van der Waals surface area contributed by atoms with E-state index < -0.39 is 11.6 Å². The lowest BCUT2D eigenvalue weighted by Gasteiger charge is -2.43. The number of para-hydroxylation sites is 1. The van der Waals surface area contributed by atoms with Gasteiger partial charge in [0.05, 0.1) is 6.61 Å². The van der Waals surface area contributed by atoms with E-state index in [2.05, 4.69) is 41.3 Å². The molecule has 3 aromatic rings. The van der Waals surface area contributed by atoms with E-state index in [9.17, 15) is 0 Å². The highest BCUT2D eigenvalue weighted by Gasteiger charge is 2.41. The maximum atomic E-state index is 6.45. The third-order valence-electron chi connectivity index (χ3n) is 8.13. The smallest absolute Gasteiger partial charge is 0.221 e. The van der Waals surface area contributed by atoms with Crippen molar-refractivity contribution in [1.29, 1.82) is 0 Å². The maximum Gasteiger partial charge on any atom is 0.221 e. The Bertz CT molecular complexity index is 1150. The van der Waals surface area contributed by atoms with Gasteiger partial charge < -0.3 is 28.6 Å². The zero-order valence-electron chi connectivity index (χ0n) is 24.0. The molecular formula is C33H43NO5. The monoisotopic (exact) mass is 533 g/mol. The first-order chi connectivity index (χ1) is 18.9. The minimum atomic E-state index is -1.01. The minimum absolute atomic E-state index is 0.300. The minimum Gasteiger partial charge on any atom is -0.359 e. The SMILES string of the molecule is COC(C)(CCN(c1ccccc1)C1(OC)CCCC1)OCc1cccc(C(OC)(OC)c2ccccc2)c1. The zero-order valence-corrected chi connectivity index (χ0v) is 24.0. The van der Waals surface area contributed by atoms with Gasteiger partial charge in [0.15, 0.2) is 5.79 Å². The van der Waals surface area contributed by atoms with E-state index in [1.54, 1.807) is 21.3 Å². The molecule has 1 saturated carbocycles. The van der Waals surface area contributed by atoms with E-state index in [1.165, 1.54) is 12.8 Å². The summed E-state index contributed by atoms with van der Waals surface area (Å²) in [6, 6.07) is 28.6. The molecule has 1 aliphatic rings. The van der Waals surface area contributed by atoms with Crippen molar-refractivity contribution in [3.63, 3.8) is 0 Å². The Kier molecular flexibility index (Phi) is 9.81. The summed E-state index contributed by atoms with van der Waals surface area (Å²) in [7, 11) is 6.87. The first-order valence-corrected chi connectivity index (χ1v) is 13.8. The number of hydrogen-bond donors (Lipinski definition) is 0. The van der Waals surface area contributed by atoms with Crippen LogP contribution < -0.4 is 4.90 Å². The first kappa shape index (κ1) is 29.2. The van der Waals surface area contributed by atoms with Crippen LogP contribution in [0.5, 0.6) is 0 Å². The third kappa shape index (κ3) is 6.37. The molecule has 0 N–H and O–H groups in total. The number of hydrogen-bond acceptors (Lipinski definition) is 6. The van der Waals surface area contributed by atoms with Gasteiger partial charge in [-0.2, -0.15) is 0 Å². The standard InChI is InChI=1S/C33H43NO5/c1-31(35-2,23-24-34(30-19-10-7-11-20-30)32(36-3)21-12-13-22-32)39-26-27-15-14-18-29(25-27)33(37-4,38-5)28-16-8-6-9-17-28/h6-11,14-20,25H,12-13,21-24,26H2,1-5H3. The van der Waals surface area contributed by atoms with Crippen molar-refractivity contribution in [2.75, 3.05) is 39.9 Å². The average Bonchev–Trinajstić information content (AvgIpc) is 3.49. The summed E-state index contributed by atoms with van der Waals surface area (Å²) >= 11 is 0. The highest BCUT2D eigenvalue weighted by atomic mass is 16.7. The molecule has 0 aliphatic heterocycles. The molecule has 0 radical (unpaired) electrons. The Morgan fingerprint density at radius 3 is 1.95 bits per heavy atom. The predicted molar refractivity (Wildman–Crippen MR) is 154 cm³/mol. The van der Waals surface area contributed by atoms with Crippen LogP contribution in [0.15, 0.2) is 84.9 Å². The second-order valence-electron chi connectivity index (χ2n) is 10.3. The Labute approximate surface area is 233 Å². The Hall–Kier alpha value is -2.74. The number of methoxy groups -OCH3 is 4. The van der Waals surface area contributed by atoms with Gasteiger partial charge in [-0.3, -0.25) is 0 Å². The van der Waals surface area contributed by atoms with E-state index in [-0.39, 0.29) is 5.72 Å². The number of nitrogens with zero attached hydrogens (tertiary/aromatic N) is 1. The molecule has 3 aromatic carbocycles. The summed E-state index contributed by atoms with van der Waals surface area (Å²) in [5.74, 6) is -1.79. The van der Waals surface area contributed by atoms with E-state index in [0.717, 1.165) is 41.8 Å². The fraction of sp³-hybridized carbons (Fsp3) is 0.455. The molecule has 4 rings (SSSR count). The van der Waals surface area contributed by atoms with Crippen LogP contribution in [-0.2, 0) is 36.1 Å². The molecule has 0 heterocycles. The van der Waals surface area contributed by atoms with Crippen LogP contribution in [0.3, 0.4) is 0 Å². The van der Waals surface area contributed by atoms with Crippen LogP contribution in [0.2, 0.25) is 0 Å². The van der Waals surface area contributed by atoms with Crippen LogP contribution in [0.4, 0.5) is 5.69 Å². The molecule has 0 bridgehead atoms. The van der Waals surface area contributed by atoms with Gasteiger partial charge in [-0.05, 0) is 56.4 Å². The third-order valence-corrected chi connectivity index (χ3v) is 8.13. The van der Waals surface area contributed by atoms with Crippen molar-refractivity contribution in [1.82, 2.24) is 0 Å². The molecule has 0 saturated heterocycles.